The number of carboxylic acids is 1. The van der Waals surface area contributed by atoms with Crippen molar-refractivity contribution in [3.05, 3.63) is 95.1 Å². The minimum atomic E-state index is -1.01. The van der Waals surface area contributed by atoms with Gasteiger partial charge in [0.1, 0.15) is 12.6 Å². The van der Waals surface area contributed by atoms with Crippen molar-refractivity contribution in [2.24, 2.45) is 5.92 Å². The smallest absolute Gasteiger partial charge is 0.326 e. The van der Waals surface area contributed by atoms with Crippen molar-refractivity contribution in [1.29, 1.82) is 0 Å². The molecule has 1 N–H and O–H groups in total. The number of hydrogen-bond acceptors (Lipinski definition) is 4. The summed E-state index contributed by atoms with van der Waals surface area (Å²) < 4.78 is 11.8. The predicted molar refractivity (Wildman–Crippen MR) is 141 cm³/mol. The Hall–Kier alpha value is -3.80. The highest BCUT2D eigenvalue weighted by Gasteiger charge is 2.42. The van der Waals surface area contributed by atoms with E-state index in [0.717, 1.165) is 47.9 Å². The summed E-state index contributed by atoms with van der Waals surface area (Å²) in [6.45, 7) is 0.568. The number of hydrogen-bond donors (Lipinski definition) is 1. The van der Waals surface area contributed by atoms with Gasteiger partial charge in [-0.05, 0) is 41.5 Å². The maximum absolute atomic E-state index is 14.1. The molecule has 3 aromatic rings. The molecule has 1 heterocycles. The van der Waals surface area contributed by atoms with Crippen molar-refractivity contribution in [3.8, 4) is 11.5 Å². The molecule has 1 fully saturated rings. The number of carboxylic acid groups (broad SMARTS) is 1. The van der Waals surface area contributed by atoms with Crippen LogP contribution in [0.25, 0.3) is 0 Å². The normalized spacial score (nSPS) is 18.2. The Morgan fingerprint density at radius 3 is 2.30 bits per heavy atom. The summed E-state index contributed by atoms with van der Waals surface area (Å²) in [6, 6.07) is 22.5. The molecule has 1 aliphatic carbocycles. The van der Waals surface area contributed by atoms with E-state index < -0.39 is 12.0 Å². The fraction of sp³-hybridized carbons (Fsp3) is 0.355. The first kappa shape index (κ1) is 24.9. The average molecular weight is 500 g/mol. The standard InChI is InChI=1S/C31H33NO5/c1-36-27-17-16-24-19-32(30(33)28(23-14-8-9-15-23)22-12-6-3-7-13-22)26(31(34)35)18-25(24)29(27)37-20-21-10-4-2-5-11-21/h2-7,10-13,16-17,23,26,28H,8-9,14-15,18-20H2,1H3,(H,34,35). The Balaban J connectivity index is 1.48. The lowest BCUT2D eigenvalue weighted by Gasteiger charge is -2.38. The number of ether oxygens (including phenoxy) is 2. The monoisotopic (exact) mass is 499 g/mol. The van der Waals surface area contributed by atoms with Gasteiger partial charge in [-0.25, -0.2) is 4.79 Å². The average Bonchev–Trinajstić information content (AvgIpc) is 3.46. The number of amides is 1. The highest BCUT2D eigenvalue weighted by Crippen LogP contribution is 2.42. The van der Waals surface area contributed by atoms with Crippen molar-refractivity contribution >= 4 is 11.9 Å². The second kappa shape index (κ2) is 11.1. The molecular formula is C31H33NO5. The molecular weight excluding hydrogens is 466 g/mol. The second-order valence-corrected chi connectivity index (χ2v) is 9.97. The van der Waals surface area contributed by atoms with Gasteiger partial charge in [0.15, 0.2) is 11.5 Å². The molecule has 1 amide bonds. The second-order valence-electron chi connectivity index (χ2n) is 9.97. The van der Waals surface area contributed by atoms with Crippen LogP contribution in [0.4, 0.5) is 0 Å². The van der Waals surface area contributed by atoms with Crippen LogP contribution < -0.4 is 9.47 Å². The SMILES string of the molecule is COc1ccc2c(c1OCc1ccccc1)CC(C(=O)O)N(C(=O)C(c1ccccc1)C1CCCC1)C2. The van der Waals surface area contributed by atoms with Crippen LogP contribution in [0.1, 0.15) is 53.9 Å². The Morgan fingerprint density at radius 2 is 1.65 bits per heavy atom. The van der Waals surface area contributed by atoms with Gasteiger partial charge in [-0.15, -0.1) is 0 Å². The maximum atomic E-state index is 14.1. The van der Waals surface area contributed by atoms with Crippen LogP contribution in [-0.4, -0.2) is 35.0 Å². The molecule has 2 unspecified atom stereocenters. The number of methoxy groups -OCH3 is 1. The van der Waals surface area contributed by atoms with Crippen LogP contribution >= 0.6 is 0 Å². The topological polar surface area (TPSA) is 76.1 Å². The number of aliphatic carboxylic acids is 1. The molecule has 0 aromatic heterocycles. The first-order valence-electron chi connectivity index (χ1n) is 13.0. The molecule has 5 rings (SSSR count). The number of carbonyl (C=O) groups excluding carboxylic acids is 1. The Bertz CT molecular complexity index is 1240. The number of nitrogens with zero attached hydrogens (tertiary/aromatic N) is 1. The van der Waals surface area contributed by atoms with Gasteiger partial charge in [0, 0.05) is 18.5 Å². The zero-order valence-corrected chi connectivity index (χ0v) is 21.1. The molecule has 37 heavy (non-hydrogen) atoms. The van der Waals surface area contributed by atoms with Crippen LogP contribution in [0.5, 0.6) is 11.5 Å². The Labute approximate surface area is 217 Å². The quantitative estimate of drug-likeness (QED) is 0.438. The summed E-state index contributed by atoms with van der Waals surface area (Å²) in [4.78, 5) is 28.3. The molecule has 0 spiro atoms. The molecule has 0 saturated heterocycles. The molecule has 1 saturated carbocycles. The van der Waals surface area contributed by atoms with E-state index in [1.807, 2.05) is 72.8 Å². The van der Waals surface area contributed by atoms with Crippen LogP contribution in [0.15, 0.2) is 72.8 Å². The van der Waals surface area contributed by atoms with E-state index in [2.05, 4.69) is 0 Å². The van der Waals surface area contributed by atoms with Crippen molar-refractivity contribution in [1.82, 2.24) is 4.90 Å². The molecule has 0 radical (unpaired) electrons. The molecule has 0 bridgehead atoms. The van der Waals surface area contributed by atoms with E-state index >= 15 is 0 Å². The first-order chi connectivity index (χ1) is 18.1. The minimum absolute atomic E-state index is 0.0984. The number of fused-ring (bicyclic) bond motifs is 1. The van der Waals surface area contributed by atoms with E-state index in [1.54, 1.807) is 12.0 Å². The first-order valence-corrected chi connectivity index (χ1v) is 13.0. The van der Waals surface area contributed by atoms with E-state index in [1.165, 1.54) is 0 Å². The third-order valence-electron chi connectivity index (χ3n) is 7.75. The largest absolute Gasteiger partial charge is 0.493 e. The number of rotatable bonds is 8. The van der Waals surface area contributed by atoms with Crippen molar-refractivity contribution in [3.63, 3.8) is 0 Å². The van der Waals surface area contributed by atoms with Gasteiger partial charge in [0.2, 0.25) is 5.91 Å². The van der Waals surface area contributed by atoms with E-state index in [-0.39, 0.29) is 30.7 Å². The highest BCUT2D eigenvalue weighted by molar-refractivity contribution is 5.89. The maximum Gasteiger partial charge on any atom is 0.326 e. The van der Waals surface area contributed by atoms with Crippen molar-refractivity contribution < 1.29 is 24.2 Å². The summed E-state index contributed by atoms with van der Waals surface area (Å²) in [5.41, 5.74) is 3.67. The summed E-state index contributed by atoms with van der Waals surface area (Å²) in [5.74, 6) is -0.0948. The Morgan fingerprint density at radius 1 is 0.973 bits per heavy atom. The predicted octanol–water partition coefficient (Wildman–Crippen LogP) is 5.59. The minimum Gasteiger partial charge on any atom is -0.493 e. The van der Waals surface area contributed by atoms with E-state index in [4.69, 9.17) is 9.47 Å². The molecule has 6 heteroatoms. The van der Waals surface area contributed by atoms with Crippen molar-refractivity contribution in [2.45, 2.75) is 57.2 Å². The van der Waals surface area contributed by atoms with Gasteiger partial charge >= 0.3 is 5.97 Å². The molecule has 2 aliphatic rings. The van der Waals surface area contributed by atoms with E-state index in [0.29, 0.717) is 18.1 Å². The number of carbonyl (C=O) groups is 2. The highest BCUT2D eigenvalue weighted by atomic mass is 16.5. The van der Waals surface area contributed by atoms with Gasteiger partial charge in [0.25, 0.3) is 0 Å². The Kier molecular flexibility index (Phi) is 7.45. The van der Waals surface area contributed by atoms with Gasteiger partial charge in [-0.3, -0.25) is 4.79 Å². The zero-order valence-electron chi connectivity index (χ0n) is 21.1. The van der Waals surface area contributed by atoms with Crippen LogP contribution in [0.3, 0.4) is 0 Å². The molecule has 192 valence electrons. The van der Waals surface area contributed by atoms with Gasteiger partial charge in [0.05, 0.1) is 13.0 Å². The molecule has 3 aromatic carbocycles. The summed E-state index contributed by atoms with van der Waals surface area (Å²) in [5, 5.41) is 10.3. The number of benzene rings is 3. The molecule has 6 nitrogen and oxygen atoms in total. The van der Waals surface area contributed by atoms with Crippen LogP contribution in [-0.2, 0) is 29.2 Å². The van der Waals surface area contributed by atoms with E-state index in [9.17, 15) is 14.7 Å². The fourth-order valence-corrected chi connectivity index (χ4v) is 5.86. The lowest BCUT2D eigenvalue weighted by molar-refractivity contribution is -0.152. The van der Waals surface area contributed by atoms with Crippen LogP contribution in [0.2, 0.25) is 0 Å². The van der Waals surface area contributed by atoms with Gasteiger partial charge in [-0.1, -0.05) is 79.6 Å². The van der Waals surface area contributed by atoms with Gasteiger partial charge < -0.3 is 19.5 Å². The third kappa shape index (κ3) is 5.19. The summed E-state index contributed by atoms with van der Waals surface area (Å²) in [7, 11) is 1.58. The van der Waals surface area contributed by atoms with Gasteiger partial charge in [-0.2, -0.15) is 0 Å². The zero-order chi connectivity index (χ0) is 25.8. The molecule has 1 aliphatic heterocycles. The van der Waals surface area contributed by atoms with Crippen LogP contribution in [0, 0.1) is 5.92 Å². The lowest BCUT2D eigenvalue weighted by Crippen LogP contribution is -2.51. The lowest BCUT2D eigenvalue weighted by atomic mass is 9.82. The fourth-order valence-electron chi connectivity index (χ4n) is 5.86. The third-order valence-corrected chi connectivity index (χ3v) is 7.75. The van der Waals surface area contributed by atoms with Crippen molar-refractivity contribution in [2.75, 3.05) is 7.11 Å². The summed E-state index contributed by atoms with van der Waals surface area (Å²) >= 11 is 0. The summed E-state index contributed by atoms with van der Waals surface area (Å²) in [6.07, 6.45) is 4.36. The molecule has 2 atom stereocenters.